The molecule has 0 aliphatic carbocycles. The molecular formula is C15H12ClF3O2. The van der Waals surface area contributed by atoms with E-state index in [0.717, 1.165) is 6.07 Å². The Balaban J connectivity index is 2.35. The molecule has 2 rings (SSSR count). The molecule has 2 aromatic carbocycles. The van der Waals surface area contributed by atoms with Gasteiger partial charge in [-0.15, -0.1) is 0 Å². The third kappa shape index (κ3) is 3.68. The Bertz CT molecular complexity index is 639. The highest BCUT2D eigenvalue weighted by Crippen LogP contribution is 2.39. The minimum Gasteiger partial charge on any atom is -0.455 e. The molecule has 0 aromatic heterocycles. The van der Waals surface area contributed by atoms with E-state index >= 15 is 0 Å². The molecule has 21 heavy (non-hydrogen) atoms. The second-order valence-corrected chi connectivity index (χ2v) is 4.87. The van der Waals surface area contributed by atoms with E-state index in [1.165, 1.54) is 30.3 Å². The summed E-state index contributed by atoms with van der Waals surface area (Å²) in [5.41, 5.74) is -0.322. The molecular weight excluding hydrogens is 305 g/mol. The van der Waals surface area contributed by atoms with Crippen molar-refractivity contribution in [1.29, 1.82) is 0 Å². The molecule has 1 unspecified atom stereocenters. The number of ether oxygens (including phenoxy) is 1. The highest BCUT2D eigenvalue weighted by molar-refractivity contribution is 6.32. The summed E-state index contributed by atoms with van der Waals surface area (Å²) in [4.78, 5) is 0. The van der Waals surface area contributed by atoms with Crippen molar-refractivity contribution in [2.45, 2.75) is 19.2 Å². The Morgan fingerprint density at radius 1 is 1.10 bits per heavy atom. The van der Waals surface area contributed by atoms with Gasteiger partial charge in [0, 0.05) is 0 Å². The number of rotatable bonds is 3. The van der Waals surface area contributed by atoms with Gasteiger partial charge in [0.05, 0.1) is 16.7 Å². The molecule has 6 heteroatoms. The summed E-state index contributed by atoms with van der Waals surface area (Å²) >= 11 is 5.97. The number of aliphatic hydroxyl groups excluding tert-OH is 1. The average Bonchev–Trinajstić information content (AvgIpc) is 2.40. The zero-order valence-electron chi connectivity index (χ0n) is 11.0. The standard InChI is InChI=1S/C15H12ClF3O2/c1-9(20)10-6-7-14(12(16)8-10)21-13-5-3-2-4-11(13)15(17,18)19/h2-9,20H,1H3. The molecule has 0 aliphatic heterocycles. The van der Waals surface area contributed by atoms with Crippen LogP contribution in [0.25, 0.3) is 0 Å². The Morgan fingerprint density at radius 2 is 1.76 bits per heavy atom. The SMILES string of the molecule is CC(O)c1ccc(Oc2ccccc2C(F)(F)F)c(Cl)c1. The molecule has 0 heterocycles. The summed E-state index contributed by atoms with van der Waals surface area (Å²) in [5.74, 6) is -0.227. The molecule has 0 saturated heterocycles. The van der Waals surface area contributed by atoms with Gasteiger partial charge in [0.2, 0.25) is 0 Å². The quantitative estimate of drug-likeness (QED) is 0.843. The van der Waals surface area contributed by atoms with Crippen molar-refractivity contribution in [1.82, 2.24) is 0 Å². The van der Waals surface area contributed by atoms with Crippen molar-refractivity contribution in [3.63, 3.8) is 0 Å². The first-order valence-corrected chi connectivity index (χ1v) is 6.48. The number of para-hydroxylation sites is 1. The predicted octanol–water partition coefficient (Wildman–Crippen LogP) is 5.20. The summed E-state index contributed by atoms with van der Waals surface area (Å²) in [7, 11) is 0. The van der Waals surface area contributed by atoms with Gasteiger partial charge >= 0.3 is 6.18 Å². The first-order valence-electron chi connectivity index (χ1n) is 6.10. The maximum Gasteiger partial charge on any atom is 0.419 e. The second-order valence-electron chi connectivity index (χ2n) is 4.46. The van der Waals surface area contributed by atoms with Gasteiger partial charge in [0.15, 0.2) is 0 Å². The lowest BCUT2D eigenvalue weighted by Crippen LogP contribution is -2.06. The van der Waals surface area contributed by atoms with Crippen LogP contribution in [0.5, 0.6) is 11.5 Å². The summed E-state index contributed by atoms with van der Waals surface area (Å²) in [6.45, 7) is 1.56. The average molecular weight is 317 g/mol. The molecule has 0 saturated carbocycles. The molecule has 2 nitrogen and oxygen atoms in total. The molecule has 0 spiro atoms. The normalized spacial score (nSPS) is 13.0. The van der Waals surface area contributed by atoms with Crippen LogP contribution in [-0.2, 0) is 6.18 Å². The Morgan fingerprint density at radius 3 is 2.33 bits per heavy atom. The predicted molar refractivity (Wildman–Crippen MR) is 73.6 cm³/mol. The molecule has 1 N–H and O–H groups in total. The Labute approximate surface area is 124 Å². The number of benzene rings is 2. The lowest BCUT2D eigenvalue weighted by molar-refractivity contribution is -0.138. The fourth-order valence-electron chi connectivity index (χ4n) is 1.77. The highest BCUT2D eigenvalue weighted by atomic mass is 35.5. The van der Waals surface area contributed by atoms with E-state index < -0.39 is 17.8 Å². The minimum atomic E-state index is -4.51. The van der Waals surface area contributed by atoms with Gasteiger partial charge in [-0.1, -0.05) is 29.8 Å². The Kier molecular flexibility index (Phi) is 4.44. The fraction of sp³-hybridized carbons (Fsp3) is 0.200. The molecule has 112 valence electrons. The molecule has 0 fully saturated rings. The third-order valence-corrected chi connectivity index (χ3v) is 3.15. The number of alkyl halides is 3. The molecule has 1 atom stereocenters. The smallest absolute Gasteiger partial charge is 0.419 e. The summed E-state index contributed by atoms with van der Waals surface area (Å²) < 4.78 is 43.9. The largest absolute Gasteiger partial charge is 0.455 e. The summed E-state index contributed by atoms with van der Waals surface area (Å²) in [5, 5.41) is 9.56. The molecule has 0 aliphatic rings. The van der Waals surface area contributed by atoms with E-state index in [0.29, 0.717) is 5.56 Å². The monoisotopic (exact) mass is 316 g/mol. The maximum atomic E-state index is 12.9. The zero-order valence-corrected chi connectivity index (χ0v) is 11.7. The van der Waals surface area contributed by atoms with Gasteiger partial charge in [-0.2, -0.15) is 13.2 Å². The van der Waals surface area contributed by atoms with Gasteiger partial charge in [0.25, 0.3) is 0 Å². The van der Waals surface area contributed by atoms with Crippen LogP contribution in [0.15, 0.2) is 42.5 Å². The topological polar surface area (TPSA) is 29.5 Å². The van der Waals surface area contributed by atoms with E-state index in [-0.39, 0.29) is 16.5 Å². The van der Waals surface area contributed by atoms with Crippen molar-refractivity contribution >= 4 is 11.6 Å². The van der Waals surface area contributed by atoms with Crippen LogP contribution in [0.2, 0.25) is 5.02 Å². The summed E-state index contributed by atoms with van der Waals surface area (Å²) in [6, 6.07) is 9.32. The Hall–Kier alpha value is -1.72. The maximum absolute atomic E-state index is 12.9. The van der Waals surface area contributed by atoms with Crippen molar-refractivity contribution in [2.75, 3.05) is 0 Å². The number of hydrogen-bond acceptors (Lipinski definition) is 2. The van der Waals surface area contributed by atoms with Crippen molar-refractivity contribution in [3.05, 3.63) is 58.6 Å². The van der Waals surface area contributed by atoms with Gasteiger partial charge in [-0.05, 0) is 36.8 Å². The minimum absolute atomic E-state index is 0.0952. The van der Waals surface area contributed by atoms with E-state index in [9.17, 15) is 18.3 Å². The van der Waals surface area contributed by atoms with Gasteiger partial charge in [0.1, 0.15) is 11.5 Å². The van der Waals surface area contributed by atoms with E-state index in [1.807, 2.05) is 0 Å². The first kappa shape index (κ1) is 15.7. The number of hydrogen-bond donors (Lipinski definition) is 1. The van der Waals surface area contributed by atoms with Gasteiger partial charge < -0.3 is 9.84 Å². The van der Waals surface area contributed by atoms with Crippen LogP contribution in [0.4, 0.5) is 13.2 Å². The summed E-state index contributed by atoms with van der Waals surface area (Å²) in [6.07, 6.45) is -5.23. The van der Waals surface area contributed by atoms with Crippen LogP contribution in [-0.4, -0.2) is 5.11 Å². The molecule has 0 bridgehead atoms. The number of aliphatic hydroxyl groups is 1. The van der Waals surface area contributed by atoms with Crippen LogP contribution in [0.1, 0.15) is 24.2 Å². The van der Waals surface area contributed by atoms with Crippen LogP contribution < -0.4 is 4.74 Å². The lowest BCUT2D eigenvalue weighted by Gasteiger charge is -2.15. The first-order chi connectivity index (χ1) is 9.79. The van der Waals surface area contributed by atoms with E-state index in [1.54, 1.807) is 13.0 Å². The van der Waals surface area contributed by atoms with Crippen molar-refractivity contribution in [3.8, 4) is 11.5 Å². The van der Waals surface area contributed by atoms with E-state index in [4.69, 9.17) is 16.3 Å². The second kappa shape index (κ2) is 5.95. The fourth-order valence-corrected chi connectivity index (χ4v) is 2.00. The van der Waals surface area contributed by atoms with Gasteiger partial charge in [-0.25, -0.2) is 0 Å². The van der Waals surface area contributed by atoms with Crippen LogP contribution >= 0.6 is 11.6 Å². The van der Waals surface area contributed by atoms with Crippen LogP contribution in [0.3, 0.4) is 0 Å². The number of halogens is 4. The zero-order chi connectivity index (χ0) is 15.6. The van der Waals surface area contributed by atoms with Gasteiger partial charge in [-0.3, -0.25) is 0 Å². The molecule has 0 amide bonds. The third-order valence-electron chi connectivity index (χ3n) is 2.85. The van der Waals surface area contributed by atoms with Crippen LogP contribution in [0, 0.1) is 0 Å². The lowest BCUT2D eigenvalue weighted by atomic mass is 10.1. The molecule has 2 aromatic rings. The van der Waals surface area contributed by atoms with Crippen molar-refractivity contribution in [2.24, 2.45) is 0 Å². The highest BCUT2D eigenvalue weighted by Gasteiger charge is 2.34. The van der Waals surface area contributed by atoms with E-state index in [2.05, 4.69) is 0 Å². The van der Waals surface area contributed by atoms with Crippen molar-refractivity contribution < 1.29 is 23.0 Å². The molecule has 0 radical (unpaired) electrons.